The molecule has 1 heterocycles. The Bertz CT molecular complexity index is 1390. The van der Waals surface area contributed by atoms with Gasteiger partial charge >= 0.3 is 0 Å². The highest BCUT2D eigenvalue weighted by molar-refractivity contribution is 8.00. The molecule has 0 radical (unpaired) electrons. The van der Waals surface area contributed by atoms with Gasteiger partial charge in [0.05, 0.1) is 20.8 Å². The van der Waals surface area contributed by atoms with Crippen molar-refractivity contribution in [2.75, 3.05) is 15.6 Å². The average Bonchev–Trinajstić information content (AvgIpc) is 3.13. The standard InChI is InChI=1S/C26H20Cl4N4O2S/c1-3-15-4-6-16(7-5-15)13-37-24-25(32-22-12-18(31-14(2)35)8-9-19(22)28)33-34(26(24)36)23-20(29)10-17(27)11-21(23)30/h3-12,24H,1,13H2,2H3,(H,31,35)(H,32,33). The molecule has 3 aromatic carbocycles. The van der Waals surface area contributed by atoms with E-state index in [0.717, 1.165) is 11.1 Å². The normalized spacial score (nSPS) is 14.9. The Labute approximate surface area is 238 Å². The Hall–Kier alpha value is -2.68. The maximum atomic E-state index is 13.6. The van der Waals surface area contributed by atoms with Crippen LogP contribution in [-0.4, -0.2) is 22.9 Å². The van der Waals surface area contributed by atoms with E-state index in [1.807, 2.05) is 24.3 Å². The number of amidine groups is 1. The zero-order chi connectivity index (χ0) is 26.7. The molecule has 0 saturated heterocycles. The molecule has 0 aliphatic carbocycles. The largest absolute Gasteiger partial charge is 0.340 e. The van der Waals surface area contributed by atoms with E-state index < -0.39 is 5.25 Å². The van der Waals surface area contributed by atoms with Crippen molar-refractivity contribution in [3.05, 3.63) is 92.4 Å². The number of nitrogens with zero attached hydrogens (tertiary/aromatic N) is 2. The van der Waals surface area contributed by atoms with Crippen LogP contribution in [0.15, 0.2) is 66.3 Å². The van der Waals surface area contributed by atoms with Gasteiger partial charge in [-0.05, 0) is 41.5 Å². The quantitative estimate of drug-likeness (QED) is 0.291. The number of hydrogen-bond acceptors (Lipinski definition) is 5. The predicted molar refractivity (Wildman–Crippen MR) is 157 cm³/mol. The van der Waals surface area contributed by atoms with E-state index in [9.17, 15) is 9.59 Å². The smallest absolute Gasteiger partial charge is 0.268 e. The molecule has 190 valence electrons. The highest BCUT2D eigenvalue weighted by Gasteiger charge is 2.39. The van der Waals surface area contributed by atoms with E-state index in [1.54, 1.807) is 24.3 Å². The minimum absolute atomic E-state index is 0.185. The van der Waals surface area contributed by atoms with Crippen LogP contribution >= 0.6 is 58.2 Å². The fourth-order valence-electron chi connectivity index (χ4n) is 3.54. The summed E-state index contributed by atoms with van der Waals surface area (Å²) in [4.78, 5) is 25.1. The van der Waals surface area contributed by atoms with E-state index in [-0.39, 0.29) is 27.5 Å². The average molecular weight is 594 g/mol. The number of carbonyl (C=O) groups is 2. The number of carbonyl (C=O) groups excluding carboxylic acids is 2. The minimum atomic E-state index is -0.720. The molecule has 0 bridgehead atoms. The summed E-state index contributed by atoms with van der Waals surface area (Å²) in [6, 6.07) is 15.8. The molecule has 6 nitrogen and oxygen atoms in total. The molecule has 0 fully saturated rings. The van der Waals surface area contributed by atoms with Gasteiger partial charge in [-0.15, -0.1) is 16.9 Å². The molecular formula is C26H20Cl4N4O2S. The topological polar surface area (TPSA) is 73.8 Å². The summed E-state index contributed by atoms with van der Waals surface area (Å²) >= 11 is 26.7. The maximum Gasteiger partial charge on any atom is 0.268 e. The van der Waals surface area contributed by atoms with E-state index in [0.29, 0.717) is 33.0 Å². The summed E-state index contributed by atoms with van der Waals surface area (Å²) < 4.78 is 0. The monoisotopic (exact) mass is 592 g/mol. The van der Waals surface area contributed by atoms with Gasteiger partial charge < -0.3 is 10.6 Å². The molecule has 0 aromatic heterocycles. The van der Waals surface area contributed by atoms with E-state index >= 15 is 0 Å². The number of nitrogens with one attached hydrogen (secondary N) is 2. The summed E-state index contributed by atoms with van der Waals surface area (Å²) in [5.74, 6) is 0.303. The van der Waals surface area contributed by atoms with Crippen LogP contribution in [0.5, 0.6) is 0 Å². The molecule has 1 aliphatic rings. The summed E-state index contributed by atoms with van der Waals surface area (Å²) in [6.45, 7) is 5.18. The van der Waals surface area contributed by atoms with Crippen molar-refractivity contribution in [3.8, 4) is 0 Å². The van der Waals surface area contributed by atoms with Crippen LogP contribution in [0.1, 0.15) is 18.1 Å². The molecular weight excluding hydrogens is 574 g/mol. The van der Waals surface area contributed by atoms with E-state index in [1.165, 1.54) is 35.8 Å². The van der Waals surface area contributed by atoms with Gasteiger partial charge in [0.2, 0.25) is 5.91 Å². The van der Waals surface area contributed by atoms with Gasteiger partial charge in [0.25, 0.3) is 5.91 Å². The summed E-state index contributed by atoms with van der Waals surface area (Å²) in [5, 5.41) is 12.0. The van der Waals surface area contributed by atoms with Crippen molar-refractivity contribution in [1.29, 1.82) is 0 Å². The Morgan fingerprint density at radius 1 is 1.05 bits per heavy atom. The van der Waals surface area contributed by atoms with Crippen molar-refractivity contribution in [3.63, 3.8) is 0 Å². The number of rotatable bonds is 7. The summed E-state index contributed by atoms with van der Waals surface area (Å²) in [6.07, 6.45) is 1.77. The minimum Gasteiger partial charge on any atom is -0.340 e. The van der Waals surface area contributed by atoms with Crippen LogP contribution in [-0.2, 0) is 15.3 Å². The molecule has 4 rings (SSSR count). The van der Waals surface area contributed by atoms with Crippen molar-refractivity contribution in [1.82, 2.24) is 0 Å². The first kappa shape index (κ1) is 27.4. The molecule has 0 saturated carbocycles. The Kier molecular flexibility index (Phi) is 8.72. The number of thioether (sulfide) groups is 1. The number of hydrogen-bond donors (Lipinski definition) is 2. The number of halogens is 4. The second-order valence-electron chi connectivity index (χ2n) is 7.99. The number of amides is 2. The van der Waals surface area contributed by atoms with Crippen molar-refractivity contribution >= 4 is 99.0 Å². The molecule has 37 heavy (non-hydrogen) atoms. The molecule has 1 aliphatic heterocycles. The molecule has 1 unspecified atom stereocenters. The van der Waals surface area contributed by atoms with Gasteiger partial charge in [-0.1, -0.05) is 83.3 Å². The molecule has 0 spiro atoms. The number of anilines is 3. The van der Waals surface area contributed by atoms with Gasteiger partial charge in [-0.3, -0.25) is 9.59 Å². The highest BCUT2D eigenvalue weighted by Crippen LogP contribution is 2.40. The van der Waals surface area contributed by atoms with Gasteiger partial charge in [0.1, 0.15) is 10.9 Å². The van der Waals surface area contributed by atoms with Gasteiger partial charge in [-0.2, -0.15) is 5.01 Å². The zero-order valence-electron chi connectivity index (χ0n) is 19.4. The van der Waals surface area contributed by atoms with Crippen molar-refractivity contribution < 1.29 is 9.59 Å². The van der Waals surface area contributed by atoms with Gasteiger partial charge in [0, 0.05) is 23.4 Å². The zero-order valence-corrected chi connectivity index (χ0v) is 23.2. The lowest BCUT2D eigenvalue weighted by molar-refractivity contribution is -0.116. The summed E-state index contributed by atoms with van der Waals surface area (Å²) in [7, 11) is 0. The summed E-state index contributed by atoms with van der Waals surface area (Å²) in [5.41, 5.74) is 3.26. The van der Waals surface area contributed by atoms with Crippen molar-refractivity contribution in [2.24, 2.45) is 5.10 Å². The van der Waals surface area contributed by atoms with Crippen LogP contribution in [0.3, 0.4) is 0 Å². The third kappa shape index (κ3) is 6.43. The van der Waals surface area contributed by atoms with E-state index in [2.05, 4.69) is 22.3 Å². The Morgan fingerprint density at radius 3 is 2.35 bits per heavy atom. The fourth-order valence-corrected chi connectivity index (χ4v) is 5.74. The Morgan fingerprint density at radius 2 is 1.73 bits per heavy atom. The first-order valence-electron chi connectivity index (χ1n) is 10.9. The third-order valence-electron chi connectivity index (χ3n) is 5.26. The number of benzene rings is 3. The van der Waals surface area contributed by atoms with E-state index in [4.69, 9.17) is 46.4 Å². The lowest BCUT2D eigenvalue weighted by atomic mass is 10.1. The molecule has 11 heteroatoms. The van der Waals surface area contributed by atoms with Gasteiger partial charge in [-0.25, -0.2) is 0 Å². The maximum absolute atomic E-state index is 13.6. The van der Waals surface area contributed by atoms with Gasteiger partial charge in [0.15, 0.2) is 5.84 Å². The molecule has 1 atom stereocenters. The first-order chi connectivity index (χ1) is 17.7. The number of hydrazone groups is 1. The SMILES string of the molecule is C=Cc1ccc(CSC2C(=O)N(c3c(Cl)cc(Cl)cc3Cl)N=C2Nc2cc(NC(C)=O)ccc2Cl)cc1. The highest BCUT2D eigenvalue weighted by atomic mass is 35.5. The van der Waals surface area contributed by atoms with Crippen LogP contribution in [0.25, 0.3) is 6.08 Å². The second-order valence-corrected chi connectivity index (χ2v) is 10.7. The molecule has 2 N–H and O–H groups in total. The van der Waals surface area contributed by atoms with Crippen LogP contribution < -0.4 is 15.6 Å². The first-order valence-corrected chi connectivity index (χ1v) is 13.5. The molecule has 3 aromatic rings. The van der Waals surface area contributed by atoms with Crippen LogP contribution in [0, 0.1) is 0 Å². The third-order valence-corrected chi connectivity index (χ3v) is 7.65. The van der Waals surface area contributed by atoms with Crippen LogP contribution in [0.2, 0.25) is 20.1 Å². The molecule has 2 amide bonds. The van der Waals surface area contributed by atoms with Crippen molar-refractivity contribution in [2.45, 2.75) is 17.9 Å². The second kappa shape index (κ2) is 11.8. The predicted octanol–water partition coefficient (Wildman–Crippen LogP) is 7.98. The lowest BCUT2D eigenvalue weighted by Gasteiger charge is -2.17. The van der Waals surface area contributed by atoms with Crippen LogP contribution in [0.4, 0.5) is 17.1 Å². The fraction of sp³-hybridized carbons (Fsp3) is 0.115. The lowest BCUT2D eigenvalue weighted by Crippen LogP contribution is -2.32. The Balaban J connectivity index is 1.68.